The lowest BCUT2D eigenvalue weighted by molar-refractivity contribution is 0.0766. The summed E-state index contributed by atoms with van der Waals surface area (Å²) in [7, 11) is -3.53. The van der Waals surface area contributed by atoms with Crippen LogP contribution >= 0.6 is 35.6 Å². The van der Waals surface area contributed by atoms with Crippen molar-refractivity contribution in [2.75, 3.05) is 6.61 Å². The van der Waals surface area contributed by atoms with Crippen molar-refractivity contribution in [1.29, 1.82) is 0 Å². The second kappa shape index (κ2) is 10.2. The molecule has 4 rings (SSSR count). The van der Waals surface area contributed by atoms with E-state index in [2.05, 4.69) is 31.4 Å². The van der Waals surface area contributed by atoms with Gasteiger partial charge in [0.15, 0.2) is 0 Å². The Balaban J connectivity index is 1.64. The number of aromatic nitrogens is 2. The number of carbonyl (C=O) groups excluding carboxylic acids is 1. The van der Waals surface area contributed by atoms with E-state index in [1.807, 2.05) is 0 Å². The van der Waals surface area contributed by atoms with Crippen LogP contribution in [0.2, 0.25) is 0 Å². The van der Waals surface area contributed by atoms with Gasteiger partial charge in [0.2, 0.25) is 8.38 Å². The minimum atomic E-state index is -3.82. The highest BCUT2D eigenvalue weighted by Crippen LogP contribution is 2.58. The summed E-state index contributed by atoms with van der Waals surface area (Å²) in [6.45, 7) is 0.542. The normalized spacial score (nSPS) is 14.1. The molecule has 1 fully saturated rings. The van der Waals surface area contributed by atoms with Crippen LogP contribution in [0.15, 0.2) is 34.9 Å². The lowest BCUT2D eigenvalue weighted by Gasteiger charge is -2.15. The van der Waals surface area contributed by atoms with Crippen molar-refractivity contribution in [3.8, 4) is 5.75 Å². The zero-order chi connectivity index (χ0) is 23.6. The lowest BCUT2D eigenvalue weighted by atomic mass is 10.1. The first-order chi connectivity index (χ1) is 15.8. The highest BCUT2D eigenvalue weighted by atomic mass is 79.9. The van der Waals surface area contributed by atoms with E-state index in [1.165, 1.54) is 31.2 Å². The van der Waals surface area contributed by atoms with Crippen molar-refractivity contribution < 1.29 is 28.1 Å². The van der Waals surface area contributed by atoms with Gasteiger partial charge in [0.25, 0.3) is 5.91 Å². The van der Waals surface area contributed by atoms with Crippen molar-refractivity contribution in [1.82, 2.24) is 15.5 Å². The number of fused-ring (bicyclic) bond motifs is 1. The minimum absolute atomic E-state index is 0.00880. The molecule has 0 bridgehead atoms. The summed E-state index contributed by atoms with van der Waals surface area (Å²) in [5, 5.41) is 10.8. The number of carbonyl (C=O) groups is 1. The molecule has 176 valence electrons. The standard InChI is InChI=1S/C21H21BrF2N3O4PS/c22-17-15-9-13(20(28)25-11-14-4-1-7-26-27-14)10-16(31-8-2-3-12-5-6-12)18(15)33-19(17)21(23,24)32(29)30/h1,4,7,9-10,12,29-30H,2-3,5-6,8,11H2,(H,25,28). The van der Waals surface area contributed by atoms with Crippen LogP contribution in [0.1, 0.15) is 46.6 Å². The number of hydrogen-bond donors (Lipinski definition) is 3. The fourth-order valence-corrected chi connectivity index (χ4v) is 6.10. The van der Waals surface area contributed by atoms with Crippen molar-refractivity contribution in [2.45, 2.75) is 37.9 Å². The molecule has 0 spiro atoms. The summed E-state index contributed by atoms with van der Waals surface area (Å²) in [4.78, 5) is 30.8. The molecule has 0 saturated heterocycles. The van der Waals surface area contributed by atoms with Crippen molar-refractivity contribution in [2.24, 2.45) is 5.92 Å². The van der Waals surface area contributed by atoms with Gasteiger partial charge in [0.1, 0.15) is 5.75 Å². The Kier molecular flexibility index (Phi) is 7.55. The monoisotopic (exact) mass is 559 g/mol. The van der Waals surface area contributed by atoms with Crippen molar-refractivity contribution in [3.63, 3.8) is 0 Å². The molecule has 1 aliphatic rings. The van der Waals surface area contributed by atoms with Gasteiger partial charge in [-0.2, -0.15) is 19.0 Å². The number of ether oxygens (including phenoxy) is 1. The average molecular weight is 560 g/mol. The lowest BCUT2D eigenvalue weighted by Crippen LogP contribution is -2.23. The molecule has 2 heterocycles. The Bertz CT molecular complexity index is 1150. The molecular formula is C21H21BrF2N3O4PS. The molecule has 0 atom stereocenters. The summed E-state index contributed by atoms with van der Waals surface area (Å²) in [6.07, 6.45) is 5.85. The maximum absolute atomic E-state index is 14.5. The molecule has 1 aromatic carbocycles. The number of amides is 1. The van der Waals surface area contributed by atoms with Crippen LogP contribution in [0.4, 0.5) is 8.78 Å². The average Bonchev–Trinajstić information content (AvgIpc) is 3.57. The van der Waals surface area contributed by atoms with Gasteiger partial charge < -0.3 is 19.8 Å². The summed E-state index contributed by atoms with van der Waals surface area (Å²) in [5.41, 5.74) is -3.02. The molecule has 0 unspecified atom stereocenters. The van der Waals surface area contributed by atoms with Gasteiger partial charge >= 0.3 is 5.66 Å². The molecule has 33 heavy (non-hydrogen) atoms. The topological polar surface area (TPSA) is 105 Å². The van der Waals surface area contributed by atoms with Gasteiger partial charge in [-0.15, -0.1) is 11.3 Å². The maximum atomic E-state index is 14.5. The van der Waals surface area contributed by atoms with Crippen LogP contribution < -0.4 is 10.1 Å². The Morgan fingerprint density at radius 3 is 2.82 bits per heavy atom. The number of nitrogens with zero attached hydrogens (tertiary/aromatic N) is 2. The number of hydrogen-bond acceptors (Lipinski definition) is 7. The molecule has 2 aromatic heterocycles. The number of halogens is 3. The fraction of sp³-hybridized carbons (Fsp3) is 0.381. The van der Waals surface area contributed by atoms with Gasteiger partial charge in [-0.05, 0) is 59.0 Å². The van der Waals surface area contributed by atoms with E-state index < -0.39 is 24.8 Å². The smallest absolute Gasteiger partial charge is 0.349 e. The largest absolute Gasteiger partial charge is 0.492 e. The van der Waals surface area contributed by atoms with Gasteiger partial charge in [0, 0.05) is 21.6 Å². The minimum Gasteiger partial charge on any atom is -0.492 e. The van der Waals surface area contributed by atoms with Crippen LogP contribution in [0.25, 0.3) is 10.1 Å². The summed E-state index contributed by atoms with van der Waals surface area (Å²) < 4.78 is 35.2. The molecule has 3 aromatic rings. The molecule has 3 N–H and O–H groups in total. The van der Waals surface area contributed by atoms with E-state index in [4.69, 9.17) is 4.74 Å². The number of nitrogens with one attached hydrogen (secondary N) is 1. The Morgan fingerprint density at radius 2 is 2.15 bits per heavy atom. The maximum Gasteiger partial charge on any atom is 0.349 e. The molecule has 1 saturated carbocycles. The Morgan fingerprint density at radius 1 is 1.36 bits per heavy atom. The van der Waals surface area contributed by atoms with Crippen molar-refractivity contribution in [3.05, 3.63) is 51.1 Å². The van der Waals surface area contributed by atoms with Crippen LogP contribution in [-0.2, 0) is 12.2 Å². The summed E-state index contributed by atoms with van der Waals surface area (Å²) >= 11 is 3.89. The van der Waals surface area contributed by atoms with Gasteiger partial charge in [-0.3, -0.25) is 4.79 Å². The SMILES string of the molecule is O=C(NCc1cccnn1)c1cc(OCCCC2CC2)c2sc(C(F)(F)P(O)O)c(Br)c2c1. The van der Waals surface area contributed by atoms with Crippen molar-refractivity contribution >= 4 is 51.6 Å². The highest BCUT2D eigenvalue weighted by molar-refractivity contribution is 9.10. The predicted molar refractivity (Wildman–Crippen MR) is 125 cm³/mol. The Labute approximate surface area is 202 Å². The summed E-state index contributed by atoms with van der Waals surface area (Å²) in [5.74, 6) is 0.616. The van der Waals surface area contributed by atoms with Gasteiger partial charge in [0.05, 0.1) is 28.4 Å². The third kappa shape index (κ3) is 5.66. The molecular weight excluding hydrogens is 539 g/mol. The third-order valence-corrected chi connectivity index (χ3v) is 8.50. The molecule has 12 heteroatoms. The molecule has 7 nitrogen and oxygen atoms in total. The quantitative estimate of drug-likeness (QED) is 0.230. The van der Waals surface area contributed by atoms with E-state index in [-0.39, 0.29) is 16.6 Å². The van der Waals surface area contributed by atoms with Gasteiger partial charge in [-0.1, -0.05) is 12.8 Å². The van der Waals surface area contributed by atoms with E-state index in [0.29, 0.717) is 28.1 Å². The number of benzene rings is 1. The van der Waals surface area contributed by atoms with Crippen LogP contribution in [-0.4, -0.2) is 32.5 Å². The van der Waals surface area contributed by atoms with E-state index in [0.717, 1.165) is 30.1 Å². The molecule has 0 aliphatic heterocycles. The number of thiophene rings is 1. The van der Waals surface area contributed by atoms with E-state index in [1.54, 1.807) is 12.1 Å². The highest BCUT2D eigenvalue weighted by Gasteiger charge is 2.45. The van der Waals surface area contributed by atoms with Crippen LogP contribution in [0.3, 0.4) is 0 Å². The number of rotatable bonds is 10. The Hall–Kier alpha value is -1.78. The van der Waals surface area contributed by atoms with Crippen LogP contribution in [0, 0.1) is 5.92 Å². The fourth-order valence-electron chi connectivity index (χ4n) is 3.32. The zero-order valence-electron chi connectivity index (χ0n) is 17.3. The molecule has 0 radical (unpaired) electrons. The van der Waals surface area contributed by atoms with Crippen LogP contribution in [0.5, 0.6) is 5.75 Å². The second-order valence-electron chi connectivity index (χ2n) is 7.76. The first kappa shape index (κ1) is 24.3. The summed E-state index contributed by atoms with van der Waals surface area (Å²) in [6, 6.07) is 6.43. The van der Waals surface area contributed by atoms with E-state index >= 15 is 0 Å². The van der Waals surface area contributed by atoms with E-state index in [9.17, 15) is 23.4 Å². The predicted octanol–water partition coefficient (Wildman–Crippen LogP) is 5.30. The number of alkyl halides is 2. The molecule has 1 aliphatic carbocycles. The first-order valence-electron chi connectivity index (χ1n) is 10.3. The second-order valence-corrected chi connectivity index (χ2v) is 10.7. The zero-order valence-corrected chi connectivity index (χ0v) is 20.6. The third-order valence-electron chi connectivity index (χ3n) is 5.25. The molecule has 1 amide bonds. The van der Waals surface area contributed by atoms with Gasteiger partial charge in [-0.25, -0.2) is 0 Å². The first-order valence-corrected chi connectivity index (χ1v) is 13.1.